The highest BCUT2D eigenvalue weighted by Crippen LogP contribution is 2.39. The zero-order valence-corrected chi connectivity index (χ0v) is 10.5. The van der Waals surface area contributed by atoms with Gasteiger partial charge in [-0.1, -0.05) is 19.0 Å². The van der Waals surface area contributed by atoms with Gasteiger partial charge in [0.15, 0.2) is 5.82 Å². The molecule has 0 spiro atoms. The summed E-state index contributed by atoms with van der Waals surface area (Å²) >= 11 is 0. The fourth-order valence-electron chi connectivity index (χ4n) is 2.96. The van der Waals surface area contributed by atoms with Gasteiger partial charge in [-0.2, -0.15) is 4.98 Å². The van der Waals surface area contributed by atoms with Crippen LogP contribution < -0.4 is 5.73 Å². The molecule has 2 N–H and O–H groups in total. The largest absolute Gasteiger partial charge is 0.339 e. The van der Waals surface area contributed by atoms with Crippen molar-refractivity contribution in [1.29, 1.82) is 0 Å². The van der Waals surface area contributed by atoms with Crippen LogP contribution in [-0.4, -0.2) is 34.7 Å². The van der Waals surface area contributed by atoms with Gasteiger partial charge in [-0.05, 0) is 25.3 Å². The second kappa shape index (κ2) is 3.78. The van der Waals surface area contributed by atoms with Crippen molar-refractivity contribution < 1.29 is 4.52 Å². The third-order valence-electron chi connectivity index (χ3n) is 4.19. The van der Waals surface area contributed by atoms with Crippen LogP contribution in [0.15, 0.2) is 4.52 Å². The minimum absolute atomic E-state index is 0.267. The summed E-state index contributed by atoms with van der Waals surface area (Å²) in [5, 5.41) is 4.12. The van der Waals surface area contributed by atoms with Crippen molar-refractivity contribution in [2.24, 2.45) is 11.7 Å². The molecule has 5 nitrogen and oxygen atoms in total. The van der Waals surface area contributed by atoms with E-state index in [9.17, 15) is 0 Å². The highest BCUT2D eigenvalue weighted by molar-refractivity contribution is 5.12. The van der Waals surface area contributed by atoms with Crippen LogP contribution in [0.1, 0.15) is 44.3 Å². The van der Waals surface area contributed by atoms with Crippen LogP contribution in [0, 0.1) is 5.92 Å². The second-order valence-corrected chi connectivity index (χ2v) is 5.69. The van der Waals surface area contributed by atoms with E-state index in [4.69, 9.17) is 10.3 Å². The van der Waals surface area contributed by atoms with E-state index in [1.165, 1.54) is 6.54 Å². The smallest absolute Gasteiger partial charge is 0.229 e. The number of hydrogen-bond donors (Lipinski definition) is 1. The molecule has 2 bridgehead atoms. The first-order valence-electron chi connectivity index (χ1n) is 6.45. The Bertz CT molecular complexity index is 416. The predicted octanol–water partition coefficient (Wildman–Crippen LogP) is 1.07. The first kappa shape index (κ1) is 11.2. The average molecular weight is 236 g/mol. The van der Waals surface area contributed by atoms with E-state index in [1.807, 2.05) is 0 Å². The number of hydrogen-bond acceptors (Lipinski definition) is 5. The number of nitrogens with zero attached hydrogens (tertiary/aromatic N) is 3. The maximum atomic E-state index is 6.56. The average Bonchev–Trinajstić information content (AvgIpc) is 2.93. The minimum atomic E-state index is -0.371. The van der Waals surface area contributed by atoms with Crippen LogP contribution in [-0.2, 0) is 5.54 Å². The minimum Gasteiger partial charge on any atom is -0.339 e. The molecule has 0 radical (unpaired) electrons. The lowest BCUT2D eigenvalue weighted by atomic mass is 9.79. The van der Waals surface area contributed by atoms with E-state index in [1.54, 1.807) is 0 Å². The summed E-state index contributed by atoms with van der Waals surface area (Å²) in [6.45, 7) is 7.41. The zero-order chi connectivity index (χ0) is 12.0. The van der Waals surface area contributed by atoms with Crippen LogP contribution in [0.4, 0.5) is 0 Å². The molecule has 1 aromatic heterocycles. The highest BCUT2D eigenvalue weighted by atomic mass is 16.5. The normalized spacial score (nSPS) is 36.7. The van der Waals surface area contributed by atoms with E-state index >= 15 is 0 Å². The zero-order valence-electron chi connectivity index (χ0n) is 10.5. The molecular formula is C12H20N4O. The Labute approximate surface area is 101 Å². The molecule has 0 aliphatic carbocycles. The molecule has 17 heavy (non-hydrogen) atoms. The molecule has 3 unspecified atom stereocenters. The molecule has 5 heteroatoms. The van der Waals surface area contributed by atoms with Gasteiger partial charge in [-0.15, -0.1) is 0 Å². The molecule has 2 aliphatic rings. The van der Waals surface area contributed by atoms with E-state index < -0.39 is 0 Å². The number of fused-ring (bicyclic) bond motifs is 2. The Kier molecular flexibility index (Phi) is 2.48. The fourth-order valence-corrected chi connectivity index (χ4v) is 2.96. The maximum Gasteiger partial charge on any atom is 0.229 e. The Balaban J connectivity index is 1.90. The van der Waals surface area contributed by atoms with Gasteiger partial charge in [-0.3, -0.25) is 0 Å². The summed E-state index contributed by atoms with van der Waals surface area (Å²) in [4.78, 5) is 6.97. The lowest BCUT2D eigenvalue weighted by Gasteiger charge is -2.37. The fraction of sp³-hybridized carbons (Fsp3) is 0.833. The third-order valence-corrected chi connectivity index (χ3v) is 4.19. The standard InChI is InChI=1S/C12H20N4O/c1-8(2)10-14-11(15-17-10)12(13)4-6-16-5-3-9(12)7-16/h8-9H,3-7,13H2,1-2H3. The van der Waals surface area contributed by atoms with Gasteiger partial charge in [0, 0.05) is 19.0 Å². The number of aromatic nitrogens is 2. The van der Waals surface area contributed by atoms with E-state index in [-0.39, 0.29) is 11.5 Å². The SMILES string of the molecule is CC(C)c1nc(C2(N)CCN3CCC2C3)no1. The van der Waals surface area contributed by atoms with Gasteiger partial charge >= 0.3 is 0 Å². The quantitative estimate of drug-likeness (QED) is 0.832. The number of nitrogens with two attached hydrogens (primary N) is 1. The lowest BCUT2D eigenvalue weighted by Crippen LogP contribution is -2.51. The van der Waals surface area contributed by atoms with Crippen molar-refractivity contribution in [2.75, 3.05) is 19.6 Å². The first-order valence-corrected chi connectivity index (χ1v) is 6.45. The molecule has 1 aromatic rings. The molecule has 3 heterocycles. The molecule has 0 saturated carbocycles. The highest BCUT2D eigenvalue weighted by Gasteiger charge is 2.47. The Morgan fingerprint density at radius 2 is 2.29 bits per heavy atom. The number of piperidine rings is 1. The molecule has 94 valence electrons. The Morgan fingerprint density at radius 1 is 1.47 bits per heavy atom. The van der Waals surface area contributed by atoms with E-state index in [2.05, 4.69) is 28.9 Å². The molecular weight excluding hydrogens is 216 g/mol. The monoisotopic (exact) mass is 236 g/mol. The van der Waals surface area contributed by atoms with Crippen molar-refractivity contribution in [3.8, 4) is 0 Å². The molecule has 2 saturated heterocycles. The molecule has 2 aliphatic heterocycles. The second-order valence-electron chi connectivity index (χ2n) is 5.69. The van der Waals surface area contributed by atoms with E-state index in [0.717, 1.165) is 25.9 Å². The molecule has 3 atom stereocenters. The van der Waals surface area contributed by atoms with E-state index in [0.29, 0.717) is 17.6 Å². The number of rotatable bonds is 2. The summed E-state index contributed by atoms with van der Waals surface area (Å²) in [5.41, 5.74) is 6.19. The van der Waals surface area contributed by atoms with Gasteiger partial charge in [0.25, 0.3) is 0 Å². The van der Waals surface area contributed by atoms with Crippen molar-refractivity contribution >= 4 is 0 Å². The molecule has 3 rings (SSSR count). The van der Waals surface area contributed by atoms with Crippen LogP contribution in [0.5, 0.6) is 0 Å². The predicted molar refractivity (Wildman–Crippen MR) is 63.4 cm³/mol. The summed E-state index contributed by atoms with van der Waals surface area (Å²) in [5.74, 6) is 2.16. The summed E-state index contributed by atoms with van der Waals surface area (Å²) in [7, 11) is 0. The van der Waals surface area contributed by atoms with Crippen LogP contribution in [0.25, 0.3) is 0 Å². The maximum absolute atomic E-state index is 6.56. The molecule has 0 aromatic carbocycles. The van der Waals surface area contributed by atoms with Crippen molar-refractivity contribution in [2.45, 2.75) is 38.1 Å². The van der Waals surface area contributed by atoms with Gasteiger partial charge < -0.3 is 15.2 Å². The summed E-state index contributed by atoms with van der Waals surface area (Å²) in [6, 6.07) is 0. The van der Waals surface area contributed by atoms with Gasteiger partial charge in [0.2, 0.25) is 5.89 Å². The topological polar surface area (TPSA) is 68.2 Å². The van der Waals surface area contributed by atoms with Gasteiger partial charge in [0.05, 0.1) is 5.54 Å². The van der Waals surface area contributed by atoms with Crippen LogP contribution >= 0.6 is 0 Å². The van der Waals surface area contributed by atoms with Gasteiger partial charge in [-0.25, -0.2) is 0 Å². The van der Waals surface area contributed by atoms with Crippen LogP contribution in [0.2, 0.25) is 0 Å². The summed E-state index contributed by atoms with van der Waals surface area (Å²) < 4.78 is 5.30. The summed E-state index contributed by atoms with van der Waals surface area (Å²) in [6.07, 6.45) is 2.09. The molecule has 0 amide bonds. The third kappa shape index (κ3) is 1.68. The van der Waals surface area contributed by atoms with Gasteiger partial charge in [0.1, 0.15) is 0 Å². The van der Waals surface area contributed by atoms with Crippen molar-refractivity contribution in [1.82, 2.24) is 15.0 Å². The van der Waals surface area contributed by atoms with Crippen molar-refractivity contribution in [3.05, 3.63) is 11.7 Å². The Hall–Kier alpha value is -0.940. The van der Waals surface area contributed by atoms with Crippen LogP contribution in [0.3, 0.4) is 0 Å². The molecule has 2 fully saturated rings. The van der Waals surface area contributed by atoms with Crippen molar-refractivity contribution in [3.63, 3.8) is 0 Å². The first-order chi connectivity index (χ1) is 8.09. The Morgan fingerprint density at radius 3 is 3.00 bits per heavy atom. The lowest BCUT2D eigenvalue weighted by molar-refractivity contribution is 0.157.